The number of hydrogen-bond acceptors (Lipinski definition) is 2. The Kier molecular flexibility index (Phi) is 4.68. The average Bonchev–Trinajstić information content (AvgIpc) is 2.95. The molecule has 2 unspecified atom stereocenters. The molecule has 0 aromatic carbocycles. The lowest BCUT2D eigenvalue weighted by atomic mass is 9.62. The van der Waals surface area contributed by atoms with Gasteiger partial charge in [0.1, 0.15) is 0 Å². The second kappa shape index (κ2) is 6.51. The smallest absolute Gasteiger partial charge is 0.0522 e. The lowest BCUT2D eigenvalue weighted by molar-refractivity contribution is 0.0995. The Hall–Kier alpha value is -0.830. The molecule has 0 radical (unpaired) electrons. The summed E-state index contributed by atoms with van der Waals surface area (Å²) in [6.07, 6.45) is 17.6. The zero-order valence-electron chi connectivity index (χ0n) is 13.6. The summed E-state index contributed by atoms with van der Waals surface area (Å²) in [6, 6.07) is 0. The molecular weight excluding hydrogens is 258 g/mol. The van der Waals surface area contributed by atoms with E-state index in [1.54, 1.807) is 0 Å². The highest BCUT2D eigenvalue weighted by Crippen LogP contribution is 2.44. The normalized spacial score (nSPS) is 31.4. The van der Waals surface area contributed by atoms with Crippen LogP contribution in [0.4, 0.5) is 0 Å². The van der Waals surface area contributed by atoms with Crippen molar-refractivity contribution in [3.8, 4) is 0 Å². The van der Waals surface area contributed by atoms with Crippen LogP contribution in [-0.4, -0.2) is 15.3 Å². The van der Waals surface area contributed by atoms with Crippen LogP contribution in [0.15, 0.2) is 12.4 Å². The summed E-state index contributed by atoms with van der Waals surface area (Å²) in [4.78, 5) is 0. The van der Waals surface area contributed by atoms with Crippen LogP contribution in [0.1, 0.15) is 70.3 Å². The third-order valence-corrected chi connectivity index (χ3v) is 5.91. The molecule has 0 spiro atoms. The molecule has 118 valence electrons. The van der Waals surface area contributed by atoms with Crippen molar-refractivity contribution in [1.29, 1.82) is 0 Å². The van der Waals surface area contributed by atoms with Crippen LogP contribution in [-0.2, 0) is 13.0 Å². The van der Waals surface area contributed by atoms with Gasteiger partial charge in [-0.25, -0.2) is 0 Å². The number of aromatic nitrogens is 2. The van der Waals surface area contributed by atoms with Gasteiger partial charge in [0.05, 0.1) is 6.20 Å². The molecule has 2 fully saturated rings. The molecule has 1 heterocycles. The van der Waals surface area contributed by atoms with E-state index in [2.05, 4.69) is 18.2 Å². The first-order chi connectivity index (χ1) is 10.2. The minimum atomic E-state index is 0.0157. The van der Waals surface area contributed by atoms with Gasteiger partial charge < -0.3 is 5.73 Å². The fraction of sp³-hybridized carbons (Fsp3) is 0.833. The summed E-state index contributed by atoms with van der Waals surface area (Å²) >= 11 is 0. The Morgan fingerprint density at radius 2 is 1.95 bits per heavy atom. The molecule has 3 rings (SSSR count). The maximum Gasteiger partial charge on any atom is 0.0522 e. The molecular formula is C18H31N3. The third kappa shape index (κ3) is 3.33. The van der Waals surface area contributed by atoms with Crippen molar-refractivity contribution in [1.82, 2.24) is 9.78 Å². The first-order valence-electron chi connectivity index (χ1n) is 9.01. The summed E-state index contributed by atoms with van der Waals surface area (Å²) in [7, 11) is 0. The lowest BCUT2D eigenvalue weighted by Crippen LogP contribution is -2.53. The molecule has 2 aliphatic carbocycles. The molecule has 0 bridgehead atoms. The van der Waals surface area contributed by atoms with Crippen LogP contribution in [0.2, 0.25) is 0 Å². The summed E-state index contributed by atoms with van der Waals surface area (Å²) in [5, 5.41) is 4.43. The fourth-order valence-corrected chi connectivity index (χ4v) is 4.80. The van der Waals surface area contributed by atoms with E-state index in [0.29, 0.717) is 0 Å². The van der Waals surface area contributed by atoms with E-state index in [1.165, 1.54) is 63.4 Å². The number of hydrogen-bond donors (Lipinski definition) is 1. The van der Waals surface area contributed by atoms with Gasteiger partial charge >= 0.3 is 0 Å². The van der Waals surface area contributed by atoms with Crippen LogP contribution in [0.3, 0.4) is 0 Å². The van der Waals surface area contributed by atoms with E-state index in [9.17, 15) is 0 Å². The fourth-order valence-electron chi connectivity index (χ4n) is 4.80. The van der Waals surface area contributed by atoms with Gasteiger partial charge in [-0.2, -0.15) is 5.10 Å². The summed E-state index contributed by atoms with van der Waals surface area (Å²) in [5.41, 5.74) is 8.33. The molecule has 2 aliphatic rings. The van der Waals surface area contributed by atoms with Crippen LogP contribution in [0.5, 0.6) is 0 Å². The van der Waals surface area contributed by atoms with Crippen molar-refractivity contribution in [2.75, 3.05) is 0 Å². The van der Waals surface area contributed by atoms with Crippen LogP contribution < -0.4 is 5.73 Å². The van der Waals surface area contributed by atoms with Gasteiger partial charge in [-0.05, 0) is 43.6 Å². The predicted octanol–water partition coefficient (Wildman–Crippen LogP) is 3.91. The molecule has 1 aromatic heterocycles. The molecule has 2 saturated carbocycles. The minimum absolute atomic E-state index is 0.0157. The first kappa shape index (κ1) is 15.1. The molecule has 0 saturated heterocycles. The highest BCUT2D eigenvalue weighted by Gasteiger charge is 2.41. The second-order valence-corrected chi connectivity index (χ2v) is 7.36. The molecule has 3 heteroatoms. The Labute approximate surface area is 129 Å². The number of nitrogens with two attached hydrogens (primary N) is 1. The molecule has 2 atom stereocenters. The van der Waals surface area contributed by atoms with Gasteiger partial charge in [-0.15, -0.1) is 0 Å². The topological polar surface area (TPSA) is 43.8 Å². The van der Waals surface area contributed by atoms with Gasteiger partial charge in [0.25, 0.3) is 0 Å². The van der Waals surface area contributed by atoms with Gasteiger partial charge in [-0.3, -0.25) is 4.68 Å². The van der Waals surface area contributed by atoms with Crippen molar-refractivity contribution in [2.45, 2.75) is 83.2 Å². The van der Waals surface area contributed by atoms with E-state index >= 15 is 0 Å². The van der Waals surface area contributed by atoms with Gasteiger partial charge in [0.15, 0.2) is 0 Å². The predicted molar refractivity (Wildman–Crippen MR) is 87.1 cm³/mol. The zero-order chi connectivity index (χ0) is 14.7. The van der Waals surface area contributed by atoms with E-state index in [0.717, 1.165) is 24.8 Å². The second-order valence-electron chi connectivity index (χ2n) is 7.36. The molecule has 0 amide bonds. The Morgan fingerprint density at radius 3 is 2.67 bits per heavy atom. The van der Waals surface area contributed by atoms with E-state index < -0.39 is 0 Å². The van der Waals surface area contributed by atoms with Crippen molar-refractivity contribution in [2.24, 2.45) is 17.6 Å². The standard InChI is InChI=1S/C18H31N3/c1-2-21-14-15(13-20-21)12-18(19)11-7-6-10-17(18)16-8-4-3-5-9-16/h13-14,16-17H,2-12,19H2,1H3. The quantitative estimate of drug-likeness (QED) is 0.913. The highest BCUT2D eigenvalue weighted by atomic mass is 15.3. The van der Waals surface area contributed by atoms with Gasteiger partial charge in [0.2, 0.25) is 0 Å². The molecule has 21 heavy (non-hydrogen) atoms. The Balaban J connectivity index is 1.74. The lowest BCUT2D eigenvalue weighted by Gasteiger charge is -2.46. The first-order valence-corrected chi connectivity index (χ1v) is 9.01. The highest BCUT2D eigenvalue weighted by molar-refractivity contribution is 5.12. The number of rotatable bonds is 4. The maximum absolute atomic E-state index is 6.98. The monoisotopic (exact) mass is 289 g/mol. The van der Waals surface area contributed by atoms with Crippen LogP contribution >= 0.6 is 0 Å². The van der Waals surface area contributed by atoms with Gasteiger partial charge in [-0.1, -0.05) is 44.9 Å². The van der Waals surface area contributed by atoms with Crippen molar-refractivity contribution < 1.29 is 0 Å². The number of aryl methyl sites for hydroxylation is 1. The van der Waals surface area contributed by atoms with Crippen molar-refractivity contribution in [3.05, 3.63) is 18.0 Å². The van der Waals surface area contributed by atoms with Crippen LogP contribution in [0, 0.1) is 11.8 Å². The van der Waals surface area contributed by atoms with Crippen molar-refractivity contribution >= 4 is 0 Å². The van der Waals surface area contributed by atoms with Crippen LogP contribution in [0.25, 0.3) is 0 Å². The Morgan fingerprint density at radius 1 is 1.19 bits per heavy atom. The average molecular weight is 289 g/mol. The molecule has 3 nitrogen and oxygen atoms in total. The molecule has 0 aliphatic heterocycles. The molecule has 2 N–H and O–H groups in total. The van der Waals surface area contributed by atoms with Crippen molar-refractivity contribution in [3.63, 3.8) is 0 Å². The van der Waals surface area contributed by atoms with Gasteiger partial charge in [0, 0.05) is 18.3 Å². The summed E-state index contributed by atoms with van der Waals surface area (Å²) in [6.45, 7) is 3.09. The minimum Gasteiger partial charge on any atom is -0.325 e. The SMILES string of the molecule is CCn1cc(CC2(N)CCCCC2C2CCCCC2)cn1. The number of nitrogens with zero attached hydrogens (tertiary/aromatic N) is 2. The Bertz CT molecular complexity index is 447. The summed E-state index contributed by atoms with van der Waals surface area (Å²) < 4.78 is 2.02. The zero-order valence-corrected chi connectivity index (χ0v) is 13.6. The van der Waals surface area contributed by atoms with E-state index in [-0.39, 0.29) is 5.54 Å². The largest absolute Gasteiger partial charge is 0.325 e. The third-order valence-electron chi connectivity index (χ3n) is 5.91. The van der Waals surface area contributed by atoms with E-state index in [1.807, 2.05) is 10.9 Å². The maximum atomic E-state index is 6.98. The molecule has 1 aromatic rings. The summed E-state index contributed by atoms with van der Waals surface area (Å²) in [5.74, 6) is 1.61. The van der Waals surface area contributed by atoms with E-state index in [4.69, 9.17) is 5.73 Å².